The molecule has 4 aromatic rings. The smallest absolute Gasteiger partial charge is 0.277 e. The Bertz CT molecular complexity index is 1520. The molecule has 38 heavy (non-hydrogen) atoms. The lowest BCUT2D eigenvalue weighted by Gasteiger charge is -2.26. The Morgan fingerprint density at radius 2 is 1.92 bits per heavy atom. The zero-order valence-electron chi connectivity index (χ0n) is 20.7. The maximum Gasteiger partial charge on any atom is 0.277 e. The normalized spacial score (nSPS) is 13.9. The third-order valence-electron chi connectivity index (χ3n) is 6.27. The van der Waals surface area contributed by atoms with Crippen LogP contribution in [0.3, 0.4) is 0 Å². The Kier molecular flexibility index (Phi) is 6.37. The number of halogens is 1. The van der Waals surface area contributed by atoms with Crippen LogP contribution in [0.15, 0.2) is 65.7 Å². The van der Waals surface area contributed by atoms with Crippen molar-refractivity contribution in [1.29, 1.82) is 0 Å². The van der Waals surface area contributed by atoms with Gasteiger partial charge in [-0.05, 0) is 61.4 Å². The first-order chi connectivity index (χ1) is 18.1. The number of fused-ring (bicyclic) bond motifs is 1. The number of aromatic nitrogens is 3. The molecule has 3 aromatic heterocycles. The van der Waals surface area contributed by atoms with Gasteiger partial charge in [-0.15, -0.1) is 0 Å². The van der Waals surface area contributed by atoms with Crippen LogP contribution < -0.4 is 11.1 Å². The number of carbonyl (C=O) groups excluding carboxylic acids is 2. The first-order valence-electron chi connectivity index (χ1n) is 11.8. The van der Waals surface area contributed by atoms with Gasteiger partial charge in [0.15, 0.2) is 5.69 Å². The largest absolute Gasteiger partial charge is 0.444 e. The Hall–Kier alpha value is -4.64. The number of nitrogen functional groups attached to an aromatic ring is 1. The fourth-order valence-corrected chi connectivity index (χ4v) is 4.14. The monoisotopic (exact) mass is 516 g/mol. The first kappa shape index (κ1) is 25.0. The van der Waals surface area contributed by atoms with Crippen molar-refractivity contribution in [3.63, 3.8) is 0 Å². The van der Waals surface area contributed by atoms with Crippen LogP contribution in [-0.2, 0) is 6.54 Å². The van der Waals surface area contributed by atoms with Gasteiger partial charge in [-0.3, -0.25) is 14.6 Å². The summed E-state index contributed by atoms with van der Waals surface area (Å²) in [5.41, 5.74) is 7.51. The van der Waals surface area contributed by atoms with Crippen molar-refractivity contribution in [2.45, 2.75) is 32.2 Å². The van der Waals surface area contributed by atoms with E-state index in [1.807, 2.05) is 0 Å². The summed E-state index contributed by atoms with van der Waals surface area (Å²) >= 11 is 0. The number of hydrogen-bond acceptors (Lipinski definition) is 8. The van der Waals surface area contributed by atoms with Gasteiger partial charge in [-0.1, -0.05) is 0 Å². The highest BCUT2D eigenvalue weighted by Gasteiger charge is 2.35. The van der Waals surface area contributed by atoms with Gasteiger partial charge in [0.2, 0.25) is 5.89 Å². The standard InChI is InChI=1S/C27H25FN6O4/c1-27(2,37)22(28)13-34-12-17-9-20(18(11-19(17)26(34)36)15-3-6-30-7-4-15)32-24(35)21-14-38-25(33-21)16-5-8-31-23(29)10-16/h3-11,14,22,37H,12-13H2,1-2H3,(H2,29,31)(H,32,35)/t22-/m1/s1. The molecular formula is C27H25FN6O4. The van der Waals surface area contributed by atoms with E-state index in [0.29, 0.717) is 27.9 Å². The molecule has 0 radical (unpaired) electrons. The lowest BCUT2D eigenvalue weighted by molar-refractivity contribution is -0.0159. The van der Waals surface area contributed by atoms with Crippen molar-refractivity contribution in [2.24, 2.45) is 0 Å². The van der Waals surface area contributed by atoms with E-state index in [9.17, 15) is 19.1 Å². The number of benzene rings is 1. The van der Waals surface area contributed by atoms with E-state index in [-0.39, 0.29) is 36.4 Å². The molecule has 0 bridgehead atoms. The molecule has 0 saturated carbocycles. The highest BCUT2D eigenvalue weighted by molar-refractivity contribution is 6.07. The van der Waals surface area contributed by atoms with Crippen LogP contribution in [0, 0.1) is 0 Å². The molecule has 1 atom stereocenters. The number of rotatable bonds is 7. The van der Waals surface area contributed by atoms with E-state index in [4.69, 9.17) is 10.2 Å². The average molecular weight is 517 g/mol. The van der Waals surface area contributed by atoms with Crippen LogP contribution in [-0.4, -0.2) is 55.1 Å². The SMILES string of the molecule is CC(C)(O)[C@H](F)CN1Cc2cc(NC(=O)c3coc(-c4ccnc(N)c4)n3)c(-c3ccncc3)cc2C1=O. The summed E-state index contributed by atoms with van der Waals surface area (Å²) in [6.45, 7) is 2.60. The Morgan fingerprint density at radius 1 is 1.18 bits per heavy atom. The van der Waals surface area contributed by atoms with E-state index in [1.54, 1.807) is 48.8 Å². The molecule has 0 saturated heterocycles. The summed E-state index contributed by atoms with van der Waals surface area (Å²) in [7, 11) is 0. The minimum Gasteiger partial charge on any atom is -0.444 e. The van der Waals surface area contributed by atoms with Gasteiger partial charge in [0.1, 0.15) is 18.3 Å². The maximum atomic E-state index is 14.6. The van der Waals surface area contributed by atoms with Crippen LogP contribution in [0.1, 0.15) is 40.3 Å². The fourth-order valence-electron chi connectivity index (χ4n) is 4.14. The molecule has 0 unspecified atom stereocenters. The second kappa shape index (κ2) is 9.67. The third-order valence-corrected chi connectivity index (χ3v) is 6.27. The fraction of sp³-hybridized carbons (Fsp3) is 0.222. The zero-order valence-corrected chi connectivity index (χ0v) is 20.7. The Labute approximate surface area is 217 Å². The van der Waals surface area contributed by atoms with Gasteiger partial charge in [0.25, 0.3) is 11.8 Å². The van der Waals surface area contributed by atoms with Gasteiger partial charge < -0.3 is 25.5 Å². The quantitative estimate of drug-likeness (QED) is 0.337. The molecule has 1 aliphatic heterocycles. The van der Waals surface area contributed by atoms with E-state index >= 15 is 0 Å². The van der Waals surface area contributed by atoms with E-state index < -0.39 is 17.7 Å². The van der Waals surface area contributed by atoms with E-state index in [2.05, 4.69) is 20.3 Å². The Morgan fingerprint density at radius 3 is 2.63 bits per heavy atom. The second-order valence-corrected chi connectivity index (χ2v) is 9.56. The summed E-state index contributed by atoms with van der Waals surface area (Å²) < 4.78 is 20.0. The first-order valence-corrected chi connectivity index (χ1v) is 11.8. The van der Waals surface area contributed by atoms with Crippen molar-refractivity contribution in [3.8, 4) is 22.6 Å². The highest BCUT2D eigenvalue weighted by Crippen LogP contribution is 2.36. The number of pyridine rings is 2. The molecule has 0 aliphatic carbocycles. The van der Waals surface area contributed by atoms with E-state index in [0.717, 1.165) is 5.56 Å². The number of aliphatic hydroxyl groups is 1. The molecule has 0 fully saturated rings. The maximum absolute atomic E-state index is 14.6. The summed E-state index contributed by atoms with van der Waals surface area (Å²) in [5, 5.41) is 12.9. The predicted octanol–water partition coefficient (Wildman–Crippen LogP) is 3.70. The third kappa shape index (κ3) is 4.96. The lowest BCUT2D eigenvalue weighted by atomic mass is 9.98. The molecular weight excluding hydrogens is 491 g/mol. The van der Waals surface area contributed by atoms with Crippen LogP contribution >= 0.6 is 0 Å². The van der Waals surface area contributed by atoms with Crippen molar-refractivity contribution >= 4 is 23.3 Å². The summed E-state index contributed by atoms with van der Waals surface area (Å²) in [6, 6.07) is 10.1. The van der Waals surface area contributed by atoms with Crippen LogP contribution in [0.2, 0.25) is 0 Å². The molecule has 0 spiro atoms. The zero-order chi connectivity index (χ0) is 27.0. The molecule has 10 nitrogen and oxygen atoms in total. The molecule has 4 N–H and O–H groups in total. The average Bonchev–Trinajstić information content (AvgIpc) is 3.49. The van der Waals surface area contributed by atoms with Crippen LogP contribution in [0.25, 0.3) is 22.6 Å². The van der Waals surface area contributed by atoms with Crippen LogP contribution in [0.5, 0.6) is 0 Å². The minimum atomic E-state index is -1.63. The molecule has 11 heteroatoms. The van der Waals surface area contributed by atoms with Crippen molar-refractivity contribution in [1.82, 2.24) is 19.9 Å². The molecule has 1 aromatic carbocycles. The number of nitrogens with two attached hydrogens (primary N) is 1. The van der Waals surface area contributed by atoms with Gasteiger partial charge in [0, 0.05) is 47.5 Å². The Balaban J connectivity index is 1.46. The number of hydrogen-bond donors (Lipinski definition) is 3. The summed E-state index contributed by atoms with van der Waals surface area (Å²) in [4.78, 5) is 39.8. The number of carbonyl (C=O) groups is 2. The molecule has 1 aliphatic rings. The van der Waals surface area contributed by atoms with Crippen molar-refractivity contribution < 1.29 is 23.5 Å². The van der Waals surface area contributed by atoms with Gasteiger partial charge in [0.05, 0.1) is 12.1 Å². The number of oxazole rings is 1. The number of anilines is 2. The van der Waals surface area contributed by atoms with Gasteiger partial charge in [-0.25, -0.2) is 14.4 Å². The van der Waals surface area contributed by atoms with E-state index in [1.165, 1.54) is 31.2 Å². The number of nitrogens with one attached hydrogen (secondary N) is 1. The van der Waals surface area contributed by atoms with Crippen LogP contribution in [0.4, 0.5) is 15.9 Å². The number of amides is 2. The molecule has 2 amide bonds. The second-order valence-electron chi connectivity index (χ2n) is 9.56. The predicted molar refractivity (Wildman–Crippen MR) is 138 cm³/mol. The lowest BCUT2D eigenvalue weighted by Crippen LogP contribution is -2.42. The van der Waals surface area contributed by atoms with Crippen molar-refractivity contribution in [3.05, 3.63) is 78.1 Å². The minimum absolute atomic E-state index is 0.0414. The van der Waals surface area contributed by atoms with Gasteiger partial charge >= 0.3 is 0 Å². The topological polar surface area (TPSA) is 147 Å². The molecule has 5 rings (SSSR count). The van der Waals surface area contributed by atoms with Gasteiger partial charge in [-0.2, -0.15) is 0 Å². The number of alkyl halides is 1. The highest BCUT2D eigenvalue weighted by atomic mass is 19.1. The van der Waals surface area contributed by atoms with Crippen molar-refractivity contribution in [2.75, 3.05) is 17.6 Å². The summed E-state index contributed by atoms with van der Waals surface area (Å²) in [6.07, 6.45) is 4.33. The number of nitrogens with zero attached hydrogens (tertiary/aromatic N) is 4. The molecule has 4 heterocycles. The summed E-state index contributed by atoms with van der Waals surface area (Å²) in [5.74, 6) is -0.374. The molecule has 194 valence electrons.